The van der Waals surface area contributed by atoms with Crippen LogP contribution in [0, 0.1) is 11.8 Å². The molecule has 2 aliphatic rings. The number of cyclic esters (lactones) is 1. The predicted molar refractivity (Wildman–Crippen MR) is 229 cm³/mol. The molecule has 0 aromatic heterocycles. The van der Waals surface area contributed by atoms with Gasteiger partial charge in [0, 0.05) is 20.6 Å². The van der Waals surface area contributed by atoms with E-state index in [0.29, 0.717) is 24.0 Å². The van der Waals surface area contributed by atoms with E-state index in [0.717, 1.165) is 4.90 Å². The second-order valence-electron chi connectivity index (χ2n) is 16.5. The first-order valence-corrected chi connectivity index (χ1v) is 21.6. The molecule has 2 heterocycles. The van der Waals surface area contributed by atoms with Crippen LogP contribution in [0.5, 0.6) is 5.75 Å². The lowest BCUT2D eigenvalue weighted by Crippen LogP contribution is -2.66. The third-order valence-electron chi connectivity index (χ3n) is 12.2. The van der Waals surface area contributed by atoms with E-state index in [1.807, 2.05) is 6.92 Å². The predicted octanol–water partition coefficient (Wildman–Crippen LogP) is 0.688. The van der Waals surface area contributed by atoms with Crippen molar-refractivity contribution >= 4 is 41.4 Å². The number of fused-ring (bicyclic) bond motifs is 2. The highest BCUT2D eigenvalue weighted by atomic mass is 16.5. The number of phenols is 1. The molecule has 6 amide bonds. The topological polar surface area (TPSA) is 253 Å². The number of rotatable bonds is 13. The molecule has 2 aromatic rings. The standard InChI is InChI=1S/C45H64N6O12/c1-8-25(3)36-45(61)63-27(5)37(49-41(57)34(24-52)62-7)42(58)46-31(20-17-28-15-18-30(53)19-16-28)39(55)47-32-21-22-35(54)51(43(32)59)38(26(4)9-2)44(60)50(6)33(40(56)48-36)23-29-13-11-10-12-14-29/h10-16,18-19,25-27,31-38,52-54H,8-9,17,20-24H2,1-7H3,(H,46,58)(H,47,55)(H,48,56)(H,49,57)/t25-,26-,27+,31-,32-,33-,34+,35+,36-,37-,38-/m0/s1. The summed E-state index contributed by atoms with van der Waals surface area (Å²) in [5.41, 5.74) is 1.37. The average Bonchev–Trinajstić information content (AvgIpc) is 3.27. The van der Waals surface area contributed by atoms with E-state index in [1.54, 1.807) is 63.2 Å². The molecule has 2 bridgehead atoms. The first-order chi connectivity index (χ1) is 29.9. The van der Waals surface area contributed by atoms with Crippen molar-refractivity contribution in [3.05, 3.63) is 65.7 Å². The third-order valence-corrected chi connectivity index (χ3v) is 12.2. The molecule has 0 unspecified atom stereocenters. The number of carbonyl (C=O) groups is 7. The van der Waals surface area contributed by atoms with Gasteiger partial charge in [-0.05, 0) is 67.7 Å². The number of aliphatic hydroxyl groups is 2. The summed E-state index contributed by atoms with van der Waals surface area (Å²) in [7, 11) is 2.60. The first kappa shape index (κ1) is 50.1. The maximum atomic E-state index is 14.8. The number of amides is 6. The molecule has 7 N–H and O–H groups in total. The number of aryl methyl sites for hydroxylation is 1. The monoisotopic (exact) mass is 880 g/mol. The summed E-state index contributed by atoms with van der Waals surface area (Å²) in [5.74, 6) is -6.84. The molecule has 2 aromatic carbocycles. The smallest absolute Gasteiger partial charge is 0.329 e. The lowest BCUT2D eigenvalue weighted by atomic mass is 9.91. The van der Waals surface area contributed by atoms with Gasteiger partial charge < -0.3 is 55.9 Å². The van der Waals surface area contributed by atoms with E-state index in [-0.39, 0.29) is 37.9 Å². The number of methoxy groups -OCH3 is 1. The summed E-state index contributed by atoms with van der Waals surface area (Å²) in [6, 6.07) is 6.94. The van der Waals surface area contributed by atoms with Crippen LogP contribution < -0.4 is 21.3 Å². The minimum atomic E-state index is -1.68. The number of piperidine rings is 1. The molecule has 0 spiro atoms. The Morgan fingerprint density at radius 3 is 2.13 bits per heavy atom. The molecule has 11 atom stereocenters. The van der Waals surface area contributed by atoms with Gasteiger partial charge in [0.05, 0.1) is 6.61 Å². The van der Waals surface area contributed by atoms with Crippen LogP contribution in [0.25, 0.3) is 0 Å². The van der Waals surface area contributed by atoms with Gasteiger partial charge in [-0.2, -0.15) is 0 Å². The molecular weight excluding hydrogens is 817 g/mol. The lowest BCUT2D eigenvalue weighted by molar-refractivity contribution is -0.168. The first-order valence-electron chi connectivity index (χ1n) is 21.6. The number of likely N-dealkylation sites (N-methyl/N-ethyl adjacent to an activating group) is 1. The van der Waals surface area contributed by atoms with E-state index < -0.39 is 115 Å². The van der Waals surface area contributed by atoms with Crippen molar-refractivity contribution in [1.82, 2.24) is 31.1 Å². The summed E-state index contributed by atoms with van der Waals surface area (Å²) < 4.78 is 10.9. The van der Waals surface area contributed by atoms with Gasteiger partial charge in [-0.15, -0.1) is 0 Å². The highest BCUT2D eigenvalue weighted by Gasteiger charge is 2.47. The van der Waals surface area contributed by atoms with Crippen molar-refractivity contribution < 1.29 is 58.4 Å². The van der Waals surface area contributed by atoms with Crippen LogP contribution in [-0.2, 0) is 55.9 Å². The molecule has 0 aliphatic carbocycles. The minimum Gasteiger partial charge on any atom is -0.508 e. The summed E-state index contributed by atoms with van der Waals surface area (Å²) in [6.07, 6.45) is -3.42. The zero-order chi connectivity index (χ0) is 46.5. The van der Waals surface area contributed by atoms with Crippen molar-refractivity contribution in [3.8, 4) is 5.75 Å². The fraction of sp³-hybridized carbons (Fsp3) is 0.578. The minimum absolute atomic E-state index is 0.00132. The van der Waals surface area contributed by atoms with Crippen LogP contribution in [0.4, 0.5) is 0 Å². The molecule has 4 rings (SSSR count). The van der Waals surface area contributed by atoms with Gasteiger partial charge >= 0.3 is 5.97 Å². The molecule has 18 nitrogen and oxygen atoms in total. The lowest BCUT2D eigenvalue weighted by Gasteiger charge is -2.44. The number of esters is 1. The number of benzene rings is 2. The Hall–Kier alpha value is -5.59. The molecule has 63 heavy (non-hydrogen) atoms. The Kier molecular flexibility index (Phi) is 18.4. The highest BCUT2D eigenvalue weighted by molar-refractivity contribution is 5.98. The zero-order valence-electron chi connectivity index (χ0n) is 37.1. The number of hydrogen-bond acceptors (Lipinski definition) is 12. The fourth-order valence-corrected chi connectivity index (χ4v) is 7.75. The summed E-state index contributed by atoms with van der Waals surface area (Å²) in [4.78, 5) is 102. The maximum absolute atomic E-state index is 14.8. The molecule has 346 valence electrons. The number of aromatic hydroxyl groups is 1. The fourth-order valence-electron chi connectivity index (χ4n) is 7.75. The highest BCUT2D eigenvalue weighted by Crippen LogP contribution is 2.28. The van der Waals surface area contributed by atoms with Crippen LogP contribution >= 0.6 is 0 Å². The normalized spacial score (nSPS) is 27.1. The average molecular weight is 881 g/mol. The van der Waals surface area contributed by atoms with Crippen molar-refractivity contribution in [3.63, 3.8) is 0 Å². The summed E-state index contributed by atoms with van der Waals surface area (Å²) in [5, 5.41) is 41.7. The van der Waals surface area contributed by atoms with E-state index in [2.05, 4.69) is 21.3 Å². The molecular formula is C45H64N6O12. The quantitative estimate of drug-likeness (QED) is 0.137. The van der Waals surface area contributed by atoms with Gasteiger partial charge in [0.25, 0.3) is 5.91 Å². The van der Waals surface area contributed by atoms with E-state index in [9.17, 15) is 48.9 Å². The molecule has 2 aliphatic heterocycles. The number of carbonyl (C=O) groups excluding carboxylic acids is 7. The molecule has 2 fully saturated rings. The van der Waals surface area contributed by atoms with Crippen molar-refractivity contribution in [2.75, 3.05) is 20.8 Å². The van der Waals surface area contributed by atoms with Gasteiger partial charge in [-0.3, -0.25) is 28.8 Å². The van der Waals surface area contributed by atoms with Gasteiger partial charge in [-0.25, -0.2) is 4.79 Å². The third kappa shape index (κ3) is 12.8. The number of ether oxygens (including phenoxy) is 2. The molecule has 18 heteroatoms. The van der Waals surface area contributed by atoms with Crippen molar-refractivity contribution in [1.29, 1.82) is 0 Å². The van der Waals surface area contributed by atoms with Crippen molar-refractivity contribution in [2.45, 2.75) is 134 Å². The van der Waals surface area contributed by atoms with Crippen LogP contribution in [0.1, 0.15) is 77.8 Å². The summed E-state index contributed by atoms with van der Waals surface area (Å²) in [6.45, 7) is 7.65. The van der Waals surface area contributed by atoms with E-state index >= 15 is 0 Å². The van der Waals surface area contributed by atoms with Crippen LogP contribution in [-0.4, -0.2) is 142 Å². The maximum Gasteiger partial charge on any atom is 0.329 e. The van der Waals surface area contributed by atoms with Gasteiger partial charge in [0.1, 0.15) is 54.3 Å². The SMILES string of the molecule is CC[C@H](C)[C@@H]1NC(=O)[C@H](Cc2ccccc2)N(C)C(=O)[C@H]([C@@H](C)CC)N2C(=O)[C@H](CC[C@H]2O)NC(=O)[C@H](CCc2ccc(O)cc2)NC(=O)[C@@H](NC(=O)[C@@H](CO)OC)[C@@H](C)OC1=O. The number of hydrogen-bond donors (Lipinski definition) is 7. The van der Waals surface area contributed by atoms with E-state index in [4.69, 9.17) is 9.47 Å². The Morgan fingerprint density at radius 1 is 0.873 bits per heavy atom. The van der Waals surface area contributed by atoms with Gasteiger partial charge in [0.2, 0.25) is 29.5 Å². The second-order valence-corrected chi connectivity index (χ2v) is 16.5. The zero-order valence-corrected chi connectivity index (χ0v) is 37.1. The van der Waals surface area contributed by atoms with E-state index in [1.165, 1.54) is 38.1 Å². The van der Waals surface area contributed by atoms with Gasteiger partial charge in [0.15, 0.2) is 6.10 Å². The Labute approximate surface area is 368 Å². The van der Waals surface area contributed by atoms with Crippen LogP contribution in [0.2, 0.25) is 0 Å². The largest absolute Gasteiger partial charge is 0.508 e. The van der Waals surface area contributed by atoms with Gasteiger partial charge in [-0.1, -0.05) is 83.0 Å². The van der Waals surface area contributed by atoms with Crippen molar-refractivity contribution in [2.24, 2.45) is 11.8 Å². The number of nitrogens with zero attached hydrogens (tertiary/aromatic N) is 2. The second kappa shape index (κ2) is 23.2. The molecule has 2 saturated heterocycles. The number of phenolic OH excluding ortho intramolecular Hbond substituents is 1. The Morgan fingerprint density at radius 2 is 1.52 bits per heavy atom. The number of aliphatic hydroxyl groups excluding tert-OH is 2. The molecule has 0 saturated carbocycles. The Bertz CT molecular complexity index is 1900. The van der Waals surface area contributed by atoms with Crippen LogP contribution in [0.3, 0.4) is 0 Å². The number of nitrogens with one attached hydrogen (secondary N) is 4. The van der Waals surface area contributed by atoms with Crippen LogP contribution in [0.15, 0.2) is 54.6 Å². The Balaban J connectivity index is 1.88. The molecule has 0 radical (unpaired) electrons. The summed E-state index contributed by atoms with van der Waals surface area (Å²) >= 11 is 0.